The zero-order chi connectivity index (χ0) is 27.5. The van der Waals surface area contributed by atoms with E-state index in [2.05, 4.69) is 4.74 Å². The summed E-state index contributed by atoms with van der Waals surface area (Å²) in [6.07, 6.45) is -11.2. The van der Waals surface area contributed by atoms with Crippen LogP contribution in [0, 0.1) is 0 Å². The number of alkyl halides is 17. The maximum atomic E-state index is 13.6. The van der Waals surface area contributed by atoms with Gasteiger partial charge in [-0.25, -0.2) is 4.79 Å². The average molecular weight is 536 g/mol. The minimum Gasteiger partial charge on any atom is -0.467 e. The number of ether oxygens (including phenoxy) is 1. The van der Waals surface area contributed by atoms with Crippen LogP contribution in [0.15, 0.2) is 0 Å². The van der Waals surface area contributed by atoms with Crippen molar-refractivity contribution in [3.8, 4) is 0 Å². The summed E-state index contributed by atoms with van der Waals surface area (Å²) in [4.78, 5) is 11.0. The van der Waals surface area contributed by atoms with Crippen LogP contribution < -0.4 is 0 Å². The van der Waals surface area contributed by atoms with Crippen molar-refractivity contribution in [3.63, 3.8) is 0 Å². The number of hydrogen-bond donors (Lipinski definition) is 1. The molecular formula is C13H9F17O3. The molecule has 33 heavy (non-hydrogen) atoms. The van der Waals surface area contributed by atoms with Gasteiger partial charge in [-0.3, -0.25) is 0 Å². The smallest absolute Gasteiger partial charge is 0.460 e. The summed E-state index contributed by atoms with van der Waals surface area (Å²) in [5.41, 5.74) is -3.94. The van der Waals surface area contributed by atoms with E-state index in [0.717, 1.165) is 0 Å². The maximum Gasteiger partial charge on any atom is 0.460 e. The lowest BCUT2D eigenvalue weighted by Gasteiger charge is -2.43. The second-order valence-corrected chi connectivity index (χ2v) is 6.59. The fourth-order valence-corrected chi connectivity index (χ4v) is 2.03. The maximum absolute atomic E-state index is 13.6. The number of methoxy groups -OCH3 is 1. The van der Waals surface area contributed by atoms with Crippen molar-refractivity contribution in [2.75, 3.05) is 7.11 Å². The zero-order valence-corrected chi connectivity index (χ0v) is 15.4. The standard InChI is InChI=1S/C13H9F17O3/c1-5(32,4(31)33-2)3-6(14,15)7(16,17)8(18,19)9(20,21)10(22,23)11(24,25)12(26,27)13(28,29)30/h32H,3H2,1-2H3. The Morgan fingerprint density at radius 3 is 1.15 bits per heavy atom. The predicted molar refractivity (Wildman–Crippen MR) is 67.9 cm³/mol. The number of carbonyl (C=O) groups is 1. The second-order valence-electron chi connectivity index (χ2n) is 6.59. The topological polar surface area (TPSA) is 46.5 Å². The highest BCUT2D eigenvalue weighted by Crippen LogP contribution is 2.64. The van der Waals surface area contributed by atoms with Gasteiger partial charge in [0.2, 0.25) is 0 Å². The molecule has 0 bridgehead atoms. The highest BCUT2D eigenvalue weighted by atomic mass is 19.4. The molecule has 0 fully saturated rings. The number of halogens is 17. The van der Waals surface area contributed by atoms with Gasteiger partial charge in [0, 0.05) is 0 Å². The van der Waals surface area contributed by atoms with Crippen molar-refractivity contribution in [1.29, 1.82) is 0 Å². The first-order valence-electron chi connectivity index (χ1n) is 7.46. The van der Waals surface area contributed by atoms with Gasteiger partial charge in [-0.2, -0.15) is 74.6 Å². The highest BCUT2D eigenvalue weighted by molar-refractivity contribution is 5.78. The molecule has 0 rings (SSSR count). The molecule has 0 saturated heterocycles. The SMILES string of the molecule is COC(=O)C(C)(O)CC(F)(F)C(F)(F)C(F)(F)C(F)(F)C(F)(F)C(F)(F)C(F)(F)C(F)(F)F. The van der Waals surface area contributed by atoms with E-state index in [9.17, 15) is 84.5 Å². The Labute approximate surface area is 170 Å². The Morgan fingerprint density at radius 2 is 0.879 bits per heavy atom. The monoisotopic (exact) mass is 536 g/mol. The molecule has 0 spiro atoms. The summed E-state index contributed by atoms with van der Waals surface area (Å²) in [7, 11) is 0.291. The molecule has 1 unspecified atom stereocenters. The van der Waals surface area contributed by atoms with Crippen LogP contribution in [0.25, 0.3) is 0 Å². The molecule has 0 heterocycles. The Bertz CT molecular complexity index is 737. The van der Waals surface area contributed by atoms with Gasteiger partial charge >= 0.3 is 53.6 Å². The highest BCUT2D eigenvalue weighted by Gasteiger charge is 2.95. The van der Waals surface area contributed by atoms with E-state index in [0.29, 0.717) is 7.11 Å². The molecule has 0 aliphatic heterocycles. The molecule has 0 aromatic heterocycles. The van der Waals surface area contributed by atoms with Crippen LogP contribution in [-0.4, -0.2) is 71.4 Å². The lowest BCUT2D eigenvalue weighted by atomic mass is 9.85. The van der Waals surface area contributed by atoms with Crippen molar-refractivity contribution in [1.82, 2.24) is 0 Å². The molecule has 0 aromatic carbocycles. The van der Waals surface area contributed by atoms with Crippen LogP contribution in [0.1, 0.15) is 13.3 Å². The van der Waals surface area contributed by atoms with Crippen molar-refractivity contribution in [2.24, 2.45) is 0 Å². The molecule has 0 saturated carbocycles. The Balaban J connectivity index is 6.74. The number of rotatable bonds is 9. The second kappa shape index (κ2) is 7.89. The lowest BCUT2D eigenvalue weighted by molar-refractivity contribution is -0.462. The quantitative estimate of drug-likeness (QED) is 0.321. The minimum atomic E-state index is -8.74. The third-order valence-electron chi connectivity index (χ3n) is 3.98. The van der Waals surface area contributed by atoms with E-state index < -0.39 is 65.6 Å². The van der Waals surface area contributed by atoms with E-state index in [1.165, 1.54) is 0 Å². The van der Waals surface area contributed by atoms with Gasteiger partial charge in [0.1, 0.15) is 0 Å². The van der Waals surface area contributed by atoms with Crippen molar-refractivity contribution >= 4 is 5.97 Å². The number of carbonyl (C=O) groups excluding carboxylic acids is 1. The Kier molecular flexibility index (Phi) is 7.47. The molecule has 3 nitrogen and oxygen atoms in total. The van der Waals surface area contributed by atoms with Crippen LogP contribution >= 0.6 is 0 Å². The first-order chi connectivity index (χ1) is 13.9. The third-order valence-corrected chi connectivity index (χ3v) is 3.98. The molecule has 0 amide bonds. The summed E-state index contributed by atoms with van der Waals surface area (Å²) in [5.74, 6) is -60.0. The third kappa shape index (κ3) is 4.26. The van der Waals surface area contributed by atoms with Crippen LogP contribution in [0.4, 0.5) is 74.6 Å². The summed E-state index contributed by atoms with van der Waals surface area (Å²) >= 11 is 0. The minimum absolute atomic E-state index is 0.161. The van der Waals surface area contributed by atoms with Gasteiger partial charge in [-0.05, 0) is 6.92 Å². The van der Waals surface area contributed by atoms with Gasteiger partial charge in [-0.1, -0.05) is 0 Å². The average Bonchev–Trinajstić information content (AvgIpc) is 2.57. The molecule has 0 aromatic rings. The van der Waals surface area contributed by atoms with E-state index in [1.54, 1.807) is 0 Å². The van der Waals surface area contributed by atoms with Crippen LogP contribution in [0.5, 0.6) is 0 Å². The van der Waals surface area contributed by atoms with Gasteiger partial charge in [0.15, 0.2) is 5.60 Å². The summed E-state index contributed by atoms with van der Waals surface area (Å²) in [6.45, 7) is -0.161. The Hall–Kier alpha value is -1.76. The van der Waals surface area contributed by atoms with Crippen LogP contribution in [0.3, 0.4) is 0 Å². The zero-order valence-electron chi connectivity index (χ0n) is 15.4. The molecule has 1 atom stereocenters. The van der Waals surface area contributed by atoms with Crippen molar-refractivity contribution in [2.45, 2.75) is 66.6 Å². The van der Waals surface area contributed by atoms with Crippen molar-refractivity contribution < 1.29 is 89.3 Å². The molecule has 0 radical (unpaired) electrons. The van der Waals surface area contributed by atoms with E-state index >= 15 is 0 Å². The number of aliphatic hydroxyl groups is 1. The molecule has 1 N–H and O–H groups in total. The van der Waals surface area contributed by atoms with Crippen LogP contribution in [-0.2, 0) is 9.53 Å². The lowest BCUT2D eigenvalue weighted by Crippen LogP contribution is -2.74. The normalized spacial score (nSPS) is 17.6. The molecule has 198 valence electrons. The molecule has 0 aliphatic rings. The van der Waals surface area contributed by atoms with E-state index in [4.69, 9.17) is 0 Å². The summed E-state index contributed by atoms with van der Waals surface area (Å²) < 4.78 is 226. The first-order valence-corrected chi connectivity index (χ1v) is 7.46. The van der Waals surface area contributed by atoms with E-state index in [1.807, 2.05) is 0 Å². The van der Waals surface area contributed by atoms with Crippen LogP contribution in [0.2, 0.25) is 0 Å². The predicted octanol–water partition coefficient (Wildman–Crippen LogP) is 5.31. The van der Waals surface area contributed by atoms with Gasteiger partial charge in [-0.15, -0.1) is 0 Å². The number of hydrogen-bond acceptors (Lipinski definition) is 3. The fourth-order valence-electron chi connectivity index (χ4n) is 2.03. The van der Waals surface area contributed by atoms with Gasteiger partial charge < -0.3 is 9.84 Å². The Morgan fingerprint density at radius 1 is 0.606 bits per heavy atom. The number of esters is 1. The summed E-state index contributed by atoms with van der Waals surface area (Å²) in [6, 6.07) is 0. The fraction of sp³-hybridized carbons (Fsp3) is 0.923. The van der Waals surface area contributed by atoms with Gasteiger partial charge in [0.25, 0.3) is 0 Å². The van der Waals surface area contributed by atoms with Gasteiger partial charge in [0.05, 0.1) is 13.5 Å². The van der Waals surface area contributed by atoms with Crippen molar-refractivity contribution in [3.05, 3.63) is 0 Å². The molecule has 20 heteroatoms. The van der Waals surface area contributed by atoms with E-state index in [-0.39, 0.29) is 6.92 Å². The first kappa shape index (κ1) is 31.2. The molecule has 0 aliphatic carbocycles. The summed E-state index contributed by atoms with van der Waals surface area (Å²) in [5, 5.41) is 9.22. The molecular weight excluding hydrogens is 527 g/mol. The largest absolute Gasteiger partial charge is 0.467 e.